The lowest BCUT2D eigenvalue weighted by Crippen LogP contribution is -2.53. The highest BCUT2D eigenvalue weighted by Crippen LogP contribution is 2.51. The zero-order valence-electron chi connectivity index (χ0n) is 61.5. The largest absolute Gasteiger partial charge is 0.290 e. The molecule has 0 N–H and O–H groups in total. The molecule has 0 amide bonds. The van der Waals surface area contributed by atoms with Crippen molar-refractivity contribution in [1.82, 2.24) is 102 Å². The molecule has 3 atom stereocenters. The first kappa shape index (κ1) is 77.3. The monoisotopic (exact) mass is 1660 g/mol. The normalized spacial score (nSPS) is 19.6. The van der Waals surface area contributed by atoms with Crippen molar-refractivity contribution in [1.29, 1.82) is 0 Å². The van der Waals surface area contributed by atoms with Crippen LogP contribution in [0, 0.1) is 33.7 Å². The van der Waals surface area contributed by atoms with Gasteiger partial charge in [-0.15, -0.1) is 49.3 Å². The molecule has 6 aliphatic rings. The fourth-order valence-corrected chi connectivity index (χ4v) is 22.0. The van der Waals surface area contributed by atoms with E-state index in [9.17, 15) is 52.8 Å². The van der Waals surface area contributed by atoms with Gasteiger partial charge in [0.1, 0.15) is 17.5 Å². The van der Waals surface area contributed by atoms with E-state index in [4.69, 9.17) is 0 Å². The Hall–Kier alpha value is -10.7. The summed E-state index contributed by atoms with van der Waals surface area (Å²) in [5.74, 6) is -1.67. The Bertz CT molecular complexity index is 5850. The van der Waals surface area contributed by atoms with E-state index in [2.05, 4.69) is 61.1 Å². The molecule has 114 heavy (non-hydrogen) atoms. The summed E-state index contributed by atoms with van der Waals surface area (Å²) < 4.78 is 135. The number of hydrogen-bond acceptors (Lipinski definition) is 24. The minimum atomic E-state index is -3.98. The quantitative estimate of drug-likeness (QED) is 0.0603. The first-order valence-electron chi connectivity index (χ1n) is 36.6. The van der Waals surface area contributed by atoms with E-state index >= 15 is 0 Å². The van der Waals surface area contributed by atoms with Gasteiger partial charge in [-0.3, -0.25) is 19.1 Å². The number of rotatable bonds is 21. The highest BCUT2D eigenvalue weighted by Gasteiger charge is 2.56. The molecule has 588 valence electrons. The van der Waals surface area contributed by atoms with Crippen LogP contribution < -0.4 is 0 Å². The van der Waals surface area contributed by atoms with Gasteiger partial charge in [-0.05, 0) is 166 Å². The number of aromatic nitrogens is 18. The maximum absolute atomic E-state index is 14.1. The number of aryl methyl sites for hydroxylation is 3. The molecule has 9 aromatic heterocycles. The summed E-state index contributed by atoms with van der Waals surface area (Å²) in [7, 11) is -11.9. The minimum absolute atomic E-state index is 0.0178. The minimum Gasteiger partial charge on any atom is -0.290 e. The van der Waals surface area contributed by atoms with Crippen LogP contribution in [0.15, 0.2) is 177 Å². The smallest absolute Gasteiger partial charge is 0.264 e. The van der Waals surface area contributed by atoms with Crippen LogP contribution in [0.1, 0.15) is 122 Å². The molecule has 0 radical (unpaired) electrons. The van der Waals surface area contributed by atoms with E-state index < -0.39 is 46.3 Å². The third-order valence-corrected chi connectivity index (χ3v) is 28.8. The number of halogens is 3. The topological polar surface area (TPSA) is 348 Å². The number of piperidine rings is 3. The van der Waals surface area contributed by atoms with Crippen molar-refractivity contribution in [3.05, 3.63) is 228 Å². The molecule has 0 bridgehead atoms. The zero-order chi connectivity index (χ0) is 79.5. The van der Waals surface area contributed by atoms with Crippen molar-refractivity contribution >= 4 is 99.7 Å². The summed E-state index contributed by atoms with van der Waals surface area (Å²) in [4.78, 5) is 56.2. The number of hydrogen-bond donors (Lipinski definition) is 0. The Morgan fingerprint density at radius 1 is 0.456 bits per heavy atom. The van der Waals surface area contributed by atoms with Gasteiger partial charge in [-0.25, -0.2) is 72.1 Å². The number of thiazole rings is 3. The van der Waals surface area contributed by atoms with Gasteiger partial charge in [0.15, 0.2) is 20.0 Å². The van der Waals surface area contributed by atoms with Gasteiger partial charge in [-0.2, -0.15) is 38.1 Å². The van der Waals surface area contributed by atoms with E-state index in [0.717, 1.165) is 63.3 Å². The van der Waals surface area contributed by atoms with E-state index in [0.29, 0.717) is 77.4 Å². The van der Waals surface area contributed by atoms with Crippen LogP contribution in [0.5, 0.6) is 0 Å². The van der Waals surface area contributed by atoms with Gasteiger partial charge in [-0.1, -0.05) is 47.9 Å². The average Bonchev–Trinajstić information content (AvgIpc) is 1.33. The fourth-order valence-electron chi connectivity index (χ4n) is 15.7. The summed E-state index contributed by atoms with van der Waals surface area (Å²) in [6.07, 6.45) is 23.7. The Balaban J connectivity index is 0.000000129. The molecule has 0 saturated carbocycles. The second kappa shape index (κ2) is 30.9. The first-order chi connectivity index (χ1) is 55.0. The van der Waals surface area contributed by atoms with Crippen LogP contribution in [0.25, 0.3) is 35.3 Å². The predicted octanol–water partition coefficient (Wildman–Crippen LogP) is 10.1. The van der Waals surface area contributed by atoms with Gasteiger partial charge in [0.2, 0.25) is 27.4 Å². The molecule has 18 rings (SSSR count). The molecular weight excluding hydrogens is 1590 g/mol. The van der Waals surface area contributed by atoms with Crippen molar-refractivity contribution < 1.29 is 52.8 Å². The zero-order valence-corrected chi connectivity index (χ0v) is 66.4. The lowest BCUT2D eigenvalue weighted by Gasteiger charge is -2.44. The third-order valence-electron chi connectivity index (χ3n) is 21.3. The molecular formula is C75H72F3N21O9S6. The van der Waals surface area contributed by atoms with E-state index in [1.807, 2.05) is 39.0 Å². The number of Topliss-reactive ketones (excluding diaryl/α,β-unsaturated/α-hetero) is 3. The maximum atomic E-state index is 14.1. The van der Waals surface area contributed by atoms with Crippen LogP contribution in [0.3, 0.4) is 0 Å². The van der Waals surface area contributed by atoms with E-state index in [1.54, 1.807) is 104 Å². The molecule has 0 spiro atoms. The molecule has 12 aromatic rings. The summed E-state index contributed by atoms with van der Waals surface area (Å²) in [6.45, 7) is 7.84. The highest BCUT2D eigenvalue weighted by molar-refractivity contribution is 7.89. The molecule has 3 fully saturated rings. The second-order valence-electron chi connectivity index (χ2n) is 28.3. The summed E-state index contributed by atoms with van der Waals surface area (Å²) >= 11 is 3.71. The fraction of sp³-hybridized carbons (Fsp3) is 0.320. The molecule has 3 aliphatic heterocycles. The number of ketones is 3. The molecule has 0 unspecified atom stereocenters. The lowest BCUT2D eigenvalue weighted by molar-refractivity contribution is 0.0768. The molecule has 39 heteroatoms. The van der Waals surface area contributed by atoms with Gasteiger partial charge >= 0.3 is 0 Å². The lowest BCUT2D eigenvalue weighted by atomic mass is 9.66. The van der Waals surface area contributed by atoms with Crippen LogP contribution in [-0.2, 0) is 69.0 Å². The van der Waals surface area contributed by atoms with Crippen LogP contribution in [-0.4, -0.2) is 184 Å². The Kier molecular flexibility index (Phi) is 21.0. The number of benzene rings is 3. The predicted molar refractivity (Wildman–Crippen MR) is 413 cm³/mol. The first-order valence-corrected chi connectivity index (χ1v) is 43.6. The molecule has 12 heterocycles. The standard InChI is InChI=1S/3C25H24FN7O3S2/c1-2-9-32-22(15-28-30-32)38(35,36)31-10-7-18-12-21-17(14-29-33(21)20-5-3-19(26)4-6-20)13-25(18,16-31)23(34)24-27-8-11-37-24;1-2-9-32-28-15-22(30-32)38(35,36)31-10-7-18-12-21-17(14-29-33(21)20-5-3-19(26)4-6-20)13-25(18,16-31)23(34)24-27-8-11-37-24;1-2-9-31-15-22(29-30-31)38(35,36)32-10-7-18-12-21-17(14-28-33(21)20-5-3-19(26)4-6-20)13-25(18,16-32)23(34)24-27-8-11-37-24/h3*3-6,8,11-12,14-15H,2,7,9-10,13,16H2,1H3/t3*25-/m000/s1. The third kappa shape index (κ3) is 14.1. The van der Waals surface area contributed by atoms with Crippen molar-refractivity contribution in [2.45, 2.75) is 113 Å². The van der Waals surface area contributed by atoms with Gasteiger partial charge in [0.05, 0.1) is 94.1 Å². The summed E-state index contributed by atoms with van der Waals surface area (Å²) in [5, 5.41) is 43.4. The van der Waals surface area contributed by atoms with Crippen molar-refractivity contribution in [3.8, 4) is 17.1 Å². The number of nitrogens with zero attached hydrogens (tertiary/aromatic N) is 21. The van der Waals surface area contributed by atoms with Crippen LogP contribution in [0.4, 0.5) is 13.2 Å². The number of carbonyl (C=O) groups excluding carboxylic acids is 3. The van der Waals surface area contributed by atoms with Crippen molar-refractivity contribution in [3.63, 3.8) is 0 Å². The number of carbonyl (C=O) groups is 3. The molecule has 3 aromatic carbocycles. The molecule has 3 saturated heterocycles. The number of sulfonamides is 3. The molecule has 3 aliphatic carbocycles. The van der Waals surface area contributed by atoms with Gasteiger partial charge in [0, 0.05) is 87.1 Å². The van der Waals surface area contributed by atoms with Crippen LogP contribution >= 0.6 is 34.0 Å². The van der Waals surface area contributed by atoms with Gasteiger partial charge in [0.25, 0.3) is 30.1 Å². The van der Waals surface area contributed by atoms with Crippen molar-refractivity contribution in [2.24, 2.45) is 16.2 Å². The molecule has 30 nitrogen and oxygen atoms in total. The maximum Gasteiger partial charge on any atom is 0.264 e. The van der Waals surface area contributed by atoms with Crippen LogP contribution in [0.2, 0.25) is 0 Å². The Morgan fingerprint density at radius 3 is 1.22 bits per heavy atom. The number of fused-ring (bicyclic) bond motifs is 6. The Morgan fingerprint density at radius 2 is 0.842 bits per heavy atom. The van der Waals surface area contributed by atoms with E-state index in [1.165, 1.54) is 116 Å². The van der Waals surface area contributed by atoms with Gasteiger partial charge < -0.3 is 0 Å². The average molecular weight is 1660 g/mol. The van der Waals surface area contributed by atoms with E-state index in [-0.39, 0.29) is 108 Å². The van der Waals surface area contributed by atoms with Crippen molar-refractivity contribution in [2.75, 3.05) is 39.3 Å². The SMILES string of the molecule is CCCn1cc(S(=O)(=O)N2CCC3=Cc4c(cnn4-c4ccc(F)cc4)C[C@]3(C(=O)c3nccs3)C2)nn1.CCCn1ncc(S(=O)(=O)N2CCC3=Cc4c(cnn4-c4ccc(F)cc4)C[C@]3(C(=O)c3nccs3)C2)n1.CCCn1nncc1S(=O)(=O)N1CCC2=Cc3c(cnn3-c3ccc(F)cc3)C[C@]2(C(=O)c2nccs2)C1. The second-order valence-corrected chi connectivity index (χ2v) is 36.6. The summed E-state index contributed by atoms with van der Waals surface area (Å²) in [5.41, 5.74) is 5.99. The highest BCUT2D eigenvalue weighted by atomic mass is 32.2. The Labute approximate surface area is 663 Å². The summed E-state index contributed by atoms with van der Waals surface area (Å²) in [6, 6.07) is 18.1.